The Morgan fingerprint density at radius 2 is 2.18 bits per heavy atom. The standard InChI is InChI=1S/C8H13NO2/c1-6(2)8(4-5-9)11-7(3)10/h6,8H,4H2,1-3H3/t8-/m1/s1. The molecular formula is C8H13NO2. The smallest absolute Gasteiger partial charge is 0.302 e. The van der Waals surface area contributed by atoms with Crippen LogP contribution >= 0.6 is 0 Å². The highest BCUT2D eigenvalue weighted by molar-refractivity contribution is 5.66. The third-order valence-corrected chi connectivity index (χ3v) is 1.35. The molecule has 0 N–H and O–H groups in total. The second-order valence-corrected chi connectivity index (χ2v) is 2.75. The van der Waals surface area contributed by atoms with Crippen molar-refractivity contribution in [2.45, 2.75) is 33.3 Å². The van der Waals surface area contributed by atoms with Gasteiger partial charge >= 0.3 is 5.97 Å². The maximum absolute atomic E-state index is 10.5. The first-order valence-corrected chi connectivity index (χ1v) is 3.62. The van der Waals surface area contributed by atoms with E-state index in [4.69, 9.17) is 10.00 Å². The van der Waals surface area contributed by atoms with Crippen molar-refractivity contribution in [3.05, 3.63) is 0 Å². The second-order valence-electron chi connectivity index (χ2n) is 2.75. The maximum Gasteiger partial charge on any atom is 0.302 e. The van der Waals surface area contributed by atoms with Crippen LogP contribution in [-0.4, -0.2) is 12.1 Å². The fraction of sp³-hybridized carbons (Fsp3) is 0.750. The van der Waals surface area contributed by atoms with Gasteiger partial charge in [-0.15, -0.1) is 0 Å². The molecule has 0 bridgehead atoms. The van der Waals surface area contributed by atoms with E-state index in [9.17, 15) is 4.79 Å². The van der Waals surface area contributed by atoms with E-state index in [1.54, 1.807) is 0 Å². The van der Waals surface area contributed by atoms with Gasteiger partial charge in [0.15, 0.2) is 0 Å². The van der Waals surface area contributed by atoms with E-state index in [0.29, 0.717) is 0 Å². The Bertz CT molecular complexity index is 169. The first-order valence-electron chi connectivity index (χ1n) is 3.62. The van der Waals surface area contributed by atoms with Gasteiger partial charge in [0.05, 0.1) is 12.5 Å². The highest BCUT2D eigenvalue weighted by Gasteiger charge is 2.15. The Morgan fingerprint density at radius 3 is 2.45 bits per heavy atom. The van der Waals surface area contributed by atoms with Gasteiger partial charge in [-0.25, -0.2) is 0 Å². The number of carbonyl (C=O) groups excluding carboxylic acids is 1. The average molecular weight is 155 g/mol. The van der Waals surface area contributed by atoms with Crippen LogP contribution in [0.4, 0.5) is 0 Å². The summed E-state index contributed by atoms with van der Waals surface area (Å²) in [5, 5.41) is 8.36. The largest absolute Gasteiger partial charge is 0.461 e. The van der Waals surface area contributed by atoms with Crippen molar-refractivity contribution in [2.75, 3.05) is 0 Å². The van der Waals surface area contributed by atoms with Crippen molar-refractivity contribution in [3.63, 3.8) is 0 Å². The predicted octanol–water partition coefficient (Wildman–Crippen LogP) is 1.49. The summed E-state index contributed by atoms with van der Waals surface area (Å²) in [6.45, 7) is 5.20. The van der Waals surface area contributed by atoms with Crippen molar-refractivity contribution in [2.24, 2.45) is 5.92 Å². The third kappa shape index (κ3) is 4.38. The van der Waals surface area contributed by atoms with Crippen LogP contribution in [0, 0.1) is 17.2 Å². The highest BCUT2D eigenvalue weighted by Crippen LogP contribution is 2.09. The monoisotopic (exact) mass is 155 g/mol. The van der Waals surface area contributed by atoms with E-state index in [-0.39, 0.29) is 24.4 Å². The lowest BCUT2D eigenvalue weighted by Gasteiger charge is -2.16. The molecule has 0 aliphatic rings. The molecule has 11 heavy (non-hydrogen) atoms. The third-order valence-electron chi connectivity index (χ3n) is 1.35. The molecule has 1 atom stereocenters. The molecule has 62 valence electrons. The van der Waals surface area contributed by atoms with Crippen LogP contribution in [0.25, 0.3) is 0 Å². The molecule has 3 heteroatoms. The summed E-state index contributed by atoms with van der Waals surface area (Å²) in [4.78, 5) is 10.5. The Morgan fingerprint density at radius 1 is 1.64 bits per heavy atom. The minimum Gasteiger partial charge on any atom is -0.461 e. The minimum absolute atomic E-state index is 0.207. The molecule has 0 amide bonds. The average Bonchev–Trinajstić information content (AvgIpc) is 1.86. The van der Waals surface area contributed by atoms with Gasteiger partial charge in [0.25, 0.3) is 0 Å². The summed E-state index contributed by atoms with van der Waals surface area (Å²) in [5.41, 5.74) is 0. The zero-order chi connectivity index (χ0) is 8.85. The molecule has 0 heterocycles. The second kappa shape index (κ2) is 4.73. The van der Waals surface area contributed by atoms with E-state index < -0.39 is 0 Å². The van der Waals surface area contributed by atoms with Crippen molar-refractivity contribution < 1.29 is 9.53 Å². The van der Waals surface area contributed by atoms with Crippen LogP contribution in [0.15, 0.2) is 0 Å². The normalized spacial score (nSPS) is 12.3. The van der Waals surface area contributed by atoms with Crippen molar-refractivity contribution in [3.8, 4) is 6.07 Å². The van der Waals surface area contributed by atoms with Crippen LogP contribution < -0.4 is 0 Å². The van der Waals surface area contributed by atoms with Gasteiger partial charge in [-0.05, 0) is 5.92 Å². The van der Waals surface area contributed by atoms with E-state index in [1.807, 2.05) is 19.9 Å². The topological polar surface area (TPSA) is 50.1 Å². The van der Waals surface area contributed by atoms with E-state index in [1.165, 1.54) is 6.92 Å². The lowest BCUT2D eigenvalue weighted by molar-refractivity contribution is -0.148. The first kappa shape index (κ1) is 9.96. The van der Waals surface area contributed by atoms with E-state index in [2.05, 4.69) is 0 Å². The van der Waals surface area contributed by atoms with Crippen LogP contribution in [-0.2, 0) is 9.53 Å². The van der Waals surface area contributed by atoms with Gasteiger partial charge in [-0.3, -0.25) is 4.79 Å². The zero-order valence-corrected chi connectivity index (χ0v) is 7.13. The Balaban J connectivity index is 3.91. The number of carbonyl (C=O) groups is 1. The van der Waals surface area contributed by atoms with E-state index in [0.717, 1.165) is 0 Å². The Kier molecular flexibility index (Phi) is 4.28. The number of rotatable bonds is 3. The summed E-state index contributed by atoms with van der Waals surface area (Å²) in [7, 11) is 0. The molecule has 0 radical (unpaired) electrons. The number of nitriles is 1. The van der Waals surface area contributed by atoms with Crippen molar-refractivity contribution in [1.29, 1.82) is 5.26 Å². The lowest BCUT2D eigenvalue weighted by Crippen LogP contribution is -2.21. The van der Waals surface area contributed by atoms with Gasteiger partial charge in [-0.1, -0.05) is 13.8 Å². The number of hydrogen-bond acceptors (Lipinski definition) is 3. The summed E-state index contributed by atoms with van der Waals surface area (Å²) in [5.74, 6) is -0.113. The molecule has 0 spiro atoms. The number of ether oxygens (including phenoxy) is 1. The molecule has 0 aromatic rings. The van der Waals surface area contributed by atoms with Crippen LogP contribution in [0.1, 0.15) is 27.2 Å². The van der Waals surface area contributed by atoms with E-state index >= 15 is 0 Å². The first-order chi connectivity index (χ1) is 5.07. The lowest BCUT2D eigenvalue weighted by atomic mass is 10.1. The Labute approximate surface area is 67.0 Å². The quantitative estimate of drug-likeness (QED) is 0.580. The summed E-state index contributed by atoms with van der Waals surface area (Å²) in [6, 6.07) is 1.98. The fourth-order valence-corrected chi connectivity index (χ4v) is 0.717. The predicted molar refractivity (Wildman–Crippen MR) is 40.6 cm³/mol. The highest BCUT2D eigenvalue weighted by atomic mass is 16.5. The van der Waals surface area contributed by atoms with Gasteiger partial charge in [0.2, 0.25) is 0 Å². The van der Waals surface area contributed by atoms with Crippen LogP contribution in [0.2, 0.25) is 0 Å². The van der Waals surface area contributed by atoms with Crippen LogP contribution in [0.3, 0.4) is 0 Å². The molecule has 0 saturated carbocycles. The number of nitrogens with zero attached hydrogens (tertiary/aromatic N) is 1. The van der Waals surface area contributed by atoms with Crippen molar-refractivity contribution in [1.82, 2.24) is 0 Å². The van der Waals surface area contributed by atoms with Gasteiger partial charge < -0.3 is 4.74 Å². The Hall–Kier alpha value is -1.04. The maximum atomic E-state index is 10.5. The number of esters is 1. The molecule has 0 saturated heterocycles. The molecular weight excluding hydrogens is 142 g/mol. The molecule has 0 aliphatic heterocycles. The SMILES string of the molecule is CC(=O)O[C@H](CC#N)C(C)C. The molecule has 3 nitrogen and oxygen atoms in total. The fourth-order valence-electron chi connectivity index (χ4n) is 0.717. The van der Waals surface area contributed by atoms with Crippen LogP contribution in [0.5, 0.6) is 0 Å². The molecule has 0 unspecified atom stereocenters. The van der Waals surface area contributed by atoms with Crippen molar-refractivity contribution >= 4 is 5.97 Å². The summed E-state index contributed by atoms with van der Waals surface area (Å²) >= 11 is 0. The molecule has 0 aliphatic carbocycles. The van der Waals surface area contributed by atoms with Gasteiger partial charge in [0, 0.05) is 6.92 Å². The minimum atomic E-state index is -0.320. The van der Waals surface area contributed by atoms with Gasteiger partial charge in [-0.2, -0.15) is 5.26 Å². The molecule has 0 aromatic heterocycles. The summed E-state index contributed by atoms with van der Waals surface area (Å²) < 4.78 is 4.89. The zero-order valence-electron chi connectivity index (χ0n) is 7.13. The molecule has 0 rings (SSSR count). The van der Waals surface area contributed by atoms with Gasteiger partial charge in [0.1, 0.15) is 6.10 Å². The molecule has 0 aromatic carbocycles. The molecule has 0 fully saturated rings. The summed E-state index contributed by atoms with van der Waals surface area (Å²) in [6.07, 6.45) is 0.0227. The number of hydrogen-bond donors (Lipinski definition) is 0.